The molecule has 1 amide bonds. The van der Waals surface area contributed by atoms with Crippen molar-refractivity contribution < 1.29 is 19.1 Å². The molecule has 5 nitrogen and oxygen atoms in total. The van der Waals surface area contributed by atoms with Crippen LogP contribution in [0.15, 0.2) is 53.4 Å². The molecule has 0 spiro atoms. The van der Waals surface area contributed by atoms with Crippen molar-refractivity contribution >= 4 is 29.3 Å². The van der Waals surface area contributed by atoms with Crippen molar-refractivity contribution in [1.29, 1.82) is 0 Å². The number of benzene rings is 2. The molecule has 1 atom stereocenters. The van der Waals surface area contributed by atoms with Gasteiger partial charge in [0.15, 0.2) is 0 Å². The molecular weight excluding hydrogens is 326 g/mol. The van der Waals surface area contributed by atoms with Crippen molar-refractivity contribution in [3.63, 3.8) is 0 Å². The Morgan fingerprint density at radius 2 is 1.71 bits per heavy atom. The predicted octanol–water partition coefficient (Wildman–Crippen LogP) is 3.60. The van der Waals surface area contributed by atoms with E-state index in [1.54, 1.807) is 50.4 Å². The number of nitrogens with one attached hydrogen (secondary N) is 1. The second kappa shape index (κ2) is 8.40. The van der Waals surface area contributed by atoms with E-state index in [0.29, 0.717) is 11.3 Å². The molecule has 0 saturated carbocycles. The Morgan fingerprint density at radius 1 is 1.04 bits per heavy atom. The van der Waals surface area contributed by atoms with Gasteiger partial charge in [0.25, 0.3) is 5.91 Å². The molecule has 1 unspecified atom stereocenters. The number of amides is 1. The van der Waals surface area contributed by atoms with Crippen LogP contribution in [0.1, 0.15) is 17.3 Å². The van der Waals surface area contributed by atoms with Crippen molar-refractivity contribution in [2.75, 3.05) is 19.5 Å². The number of methoxy groups -OCH3 is 2. The minimum atomic E-state index is -0.398. The second-order valence-electron chi connectivity index (χ2n) is 4.96. The van der Waals surface area contributed by atoms with E-state index in [1.807, 2.05) is 12.1 Å². The number of hydrogen-bond donors (Lipinski definition) is 1. The van der Waals surface area contributed by atoms with Crippen molar-refractivity contribution in [2.45, 2.75) is 17.1 Å². The fourth-order valence-electron chi connectivity index (χ4n) is 2.03. The van der Waals surface area contributed by atoms with Crippen LogP contribution in [0.25, 0.3) is 0 Å². The van der Waals surface area contributed by atoms with Crippen LogP contribution < -0.4 is 10.1 Å². The second-order valence-corrected chi connectivity index (χ2v) is 6.34. The summed E-state index contributed by atoms with van der Waals surface area (Å²) in [6.45, 7) is 1.74. The van der Waals surface area contributed by atoms with Gasteiger partial charge in [-0.05, 0) is 43.3 Å². The third kappa shape index (κ3) is 4.52. The number of hydrogen-bond acceptors (Lipinski definition) is 5. The Morgan fingerprint density at radius 3 is 2.33 bits per heavy atom. The largest absolute Gasteiger partial charge is 0.497 e. The Kier molecular flexibility index (Phi) is 6.26. The molecule has 0 bridgehead atoms. The fourth-order valence-corrected chi connectivity index (χ4v) is 3.05. The zero-order valence-electron chi connectivity index (χ0n) is 13.7. The van der Waals surface area contributed by atoms with E-state index in [1.165, 1.54) is 18.9 Å². The summed E-state index contributed by atoms with van der Waals surface area (Å²) in [4.78, 5) is 24.9. The zero-order chi connectivity index (χ0) is 17.5. The molecule has 2 rings (SSSR count). The molecular formula is C18H19NO4S. The van der Waals surface area contributed by atoms with Crippen LogP contribution in [0.2, 0.25) is 0 Å². The molecule has 2 aromatic rings. The topological polar surface area (TPSA) is 64.6 Å². The summed E-state index contributed by atoms with van der Waals surface area (Å²) in [5.41, 5.74) is 1.18. The van der Waals surface area contributed by atoms with Crippen LogP contribution >= 0.6 is 11.8 Å². The summed E-state index contributed by atoms with van der Waals surface area (Å²) in [7, 11) is 2.94. The van der Waals surface area contributed by atoms with Gasteiger partial charge in [0.1, 0.15) is 11.0 Å². The number of anilines is 1. The minimum absolute atomic E-state index is 0.236. The van der Waals surface area contributed by atoms with Crippen molar-refractivity contribution in [3.05, 3.63) is 54.1 Å². The van der Waals surface area contributed by atoms with E-state index >= 15 is 0 Å². The van der Waals surface area contributed by atoms with Gasteiger partial charge < -0.3 is 14.8 Å². The molecule has 0 heterocycles. The number of carbonyl (C=O) groups excluding carboxylic acids is 2. The van der Waals surface area contributed by atoms with Gasteiger partial charge in [-0.1, -0.05) is 12.1 Å². The molecule has 0 aromatic heterocycles. The van der Waals surface area contributed by atoms with Gasteiger partial charge in [0.2, 0.25) is 0 Å². The Balaban J connectivity index is 2.15. The van der Waals surface area contributed by atoms with E-state index in [2.05, 4.69) is 5.32 Å². The van der Waals surface area contributed by atoms with E-state index in [4.69, 9.17) is 9.47 Å². The first-order chi connectivity index (χ1) is 11.5. The van der Waals surface area contributed by atoms with Gasteiger partial charge in [-0.2, -0.15) is 0 Å². The lowest BCUT2D eigenvalue weighted by atomic mass is 10.2. The van der Waals surface area contributed by atoms with E-state index in [0.717, 1.165) is 10.6 Å². The van der Waals surface area contributed by atoms with Crippen LogP contribution in [0.5, 0.6) is 5.75 Å². The SMILES string of the molecule is COC(=O)C(C)Sc1ccccc1C(=O)Nc1ccc(OC)cc1. The molecule has 0 saturated heterocycles. The lowest BCUT2D eigenvalue weighted by Crippen LogP contribution is -2.17. The van der Waals surface area contributed by atoms with Crippen molar-refractivity contribution in [1.82, 2.24) is 0 Å². The molecule has 0 aliphatic carbocycles. The fraction of sp³-hybridized carbons (Fsp3) is 0.222. The summed E-state index contributed by atoms with van der Waals surface area (Å²) in [6, 6.07) is 14.2. The normalized spacial score (nSPS) is 11.5. The quantitative estimate of drug-likeness (QED) is 0.640. The van der Waals surface area contributed by atoms with Crippen LogP contribution in [0.4, 0.5) is 5.69 Å². The monoisotopic (exact) mass is 345 g/mol. The number of rotatable bonds is 6. The highest BCUT2D eigenvalue weighted by atomic mass is 32.2. The maximum absolute atomic E-state index is 12.5. The van der Waals surface area contributed by atoms with E-state index < -0.39 is 5.25 Å². The first-order valence-corrected chi connectivity index (χ1v) is 8.22. The summed E-state index contributed by atoms with van der Waals surface area (Å²) in [5.74, 6) is 0.154. The summed E-state index contributed by atoms with van der Waals surface area (Å²) >= 11 is 1.29. The first-order valence-electron chi connectivity index (χ1n) is 7.34. The Hall–Kier alpha value is -2.47. The molecule has 126 valence electrons. The highest BCUT2D eigenvalue weighted by Gasteiger charge is 2.19. The average Bonchev–Trinajstić information content (AvgIpc) is 2.62. The minimum Gasteiger partial charge on any atom is -0.497 e. The van der Waals surface area contributed by atoms with Crippen LogP contribution in [-0.4, -0.2) is 31.3 Å². The summed E-state index contributed by atoms with van der Waals surface area (Å²) in [6.07, 6.45) is 0. The van der Waals surface area contributed by atoms with Crippen molar-refractivity contribution in [3.8, 4) is 5.75 Å². The van der Waals surface area contributed by atoms with Gasteiger partial charge in [0, 0.05) is 10.6 Å². The van der Waals surface area contributed by atoms with Crippen LogP contribution in [0, 0.1) is 0 Å². The number of thioether (sulfide) groups is 1. The van der Waals surface area contributed by atoms with E-state index in [9.17, 15) is 9.59 Å². The van der Waals surface area contributed by atoms with Gasteiger partial charge in [-0.25, -0.2) is 0 Å². The highest BCUT2D eigenvalue weighted by Crippen LogP contribution is 2.28. The third-order valence-electron chi connectivity index (χ3n) is 3.32. The Labute approximate surface area is 145 Å². The first kappa shape index (κ1) is 17.9. The molecule has 1 N–H and O–H groups in total. The summed E-state index contributed by atoms with van der Waals surface area (Å²) < 4.78 is 9.82. The number of esters is 1. The maximum Gasteiger partial charge on any atom is 0.318 e. The Bertz CT molecular complexity index is 715. The third-order valence-corrected chi connectivity index (χ3v) is 4.47. The molecule has 24 heavy (non-hydrogen) atoms. The molecule has 0 aliphatic rings. The van der Waals surface area contributed by atoms with Gasteiger partial charge in [-0.15, -0.1) is 11.8 Å². The van der Waals surface area contributed by atoms with Crippen LogP contribution in [-0.2, 0) is 9.53 Å². The van der Waals surface area contributed by atoms with Crippen molar-refractivity contribution in [2.24, 2.45) is 0 Å². The van der Waals surface area contributed by atoms with E-state index in [-0.39, 0.29) is 11.9 Å². The summed E-state index contributed by atoms with van der Waals surface area (Å²) in [5, 5.41) is 2.44. The standard InChI is InChI=1S/C18H19NO4S/c1-12(18(21)23-3)24-16-7-5-4-6-15(16)17(20)19-13-8-10-14(22-2)11-9-13/h4-12H,1-3H3,(H,19,20). The molecule has 0 radical (unpaired) electrons. The van der Waals surface area contributed by atoms with Crippen LogP contribution in [0.3, 0.4) is 0 Å². The van der Waals surface area contributed by atoms with Gasteiger partial charge in [-0.3, -0.25) is 9.59 Å². The number of carbonyl (C=O) groups is 2. The maximum atomic E-state index is 12.5. The molecule has 6 heteroatoms. The average molecular weight is 345 g/mol. The zero-order valence-corrected chi connectivity index (χ0v) is 14.6. The highest BCUT2D eigenvalue weighted by molar-refractivity contribution is 8.00. The van der Waals surface area contributed by atoms with Gasteiger partial charge >= 0.3 is 5.97 Å². The predicted molar refractivity (Wildman–Crippen MR) is 94.7 cm³/mol. The molecule has 0 fully saturated rings. The van der Waals surface area contributed by atoms with Gasteiger partial charge in [0.05, 0.1) is 19.8 Å². The lowest BCUT2D eigenvalue weighted by molar-refractivity contribution is -0.139. The lowest BCUT2D eigenvalue weighted by Gasteiger charge is -2.13. The smallest absolute Gasteiger partial charge is 0.318 e. The molecule has 2 aromatic carbocycles. The molecule has 0 aliphatic heterocycles. The number of ether oxygens (including phenoxy) is 2.